The summed E-state index contributed by atoms with van der Waals surface area (Å²) in [7, 11) is 0. The fourth-order valence-corrected chi connectivity index (χ4v) is 2.20. The van der Waals surface area contributed by atoms with E-state index in [1.54, 1.807) is 12.1 Å². The summed E-state index contributed by atoms with van der Waals surface area (Å²) in [5.41, 5.74) is 2.49. The molecule has 0 bridgehead atoms. The summed E-state index contributed by atoms with van der Waals surface area (Å²) in [4.78, 5) is 11.1. The Kier molecular flexibility index (Phi) is 3.19. The lowest BCUT2D eigenvalue weighted by atomic mass is 9.76. The lowest BCUT2D eigenvalue weighted by Crippen LogP contribution is -2.20. The lowest BCUT2D eigenvalue weighted by molar-refractivity contribution is 0.112. The quantitative estimate of drug-likeness (QED) is 0.833. The summed E-state index contributed by atoms with van der Waals surface area (Å²) in [6.45, 7) is 4.14. The molecule has 2 heteroatoms. The fraction of sp³-hybridized carbons (Fsp3) is 0.188. The van der Waals surface area contributed by atoms with Gasteiger partial charge in [-0.15, -0.1) is 0 Å². The van der Waals surface area contributed by atoms with Gasteiger partial charge in [0.15, 0.2) is 0 Å². The predicted octanol–water partition coefficient (Wildman–Crippen LogP) is 3.53. The maximum Gasteiger partial charge on any atom is 0.150 e. The molecule has 0 saturated carbocycles. The van der Waals surface area contributed by atoms with Gasteiger partial charge in [-0.3, -0.25) is 4.79 Å². The van der Waals surface area contributed by atoms with Crippen molar-refractivity contribution in [1.29, 1.82) is 0 Å². The van der Waals surface area contributed by atoms with E-state index in [-0.39, 0.29) is 11.2 Å². The third-order valence-corrected chi connectivity index (χ3v) is 3.35. The molecule has 2 aromatic carbocycles. The van der Waals surface area contributed by atoms with Gasteiger partial charge in [0.25, 0.3) is 0 Å². The zero-order chi connectivity index (χ0) is 13.2. The summed E-state index contributed by atoms with van der Waals surface area (Å²) in [6, 6.07) is 14.7. The second kappa shape index (κ2) is 4.65. The molecule has 18 heavy (non-hydrogen) atoms. The van der Waals surface area contributed by atoms with Crippen molar-refractivity contribution in [2.24, 2.45) is 0 Å². The van der Waals surface area contributed by atoms with Gasteiger partial charge in [0.05, 0.1) is 0 Å². The van der Waals surface area contributed by atoms with Crippen molar-refractivity contribution in [3.05, 3.63) is 65.2 Å². The van der Waals surface area contributed by atoms with Gasteiger partial charge >= 0.3 is 0 Å². The second-order valence-corrected chi connectivity index (χ2v) is 4.88. The van der Waals surface area contributed by atoms with Crippen molar-refractivity contribution in [3.63, 3.8) is 0 Å². The molecule has 0 heterocycles. The number of rotatable bonds is 3. The Morgan fingerprint density at radius 2 is 1.61 bits per heavy atom. The number of phenolic OH excluding ortho intramolecular Hbond substituents is 1. The molecule has 2 rings (SSSR count). The van der Waals surface area contributed by atoms with Crippen LogP contribution < -0.4 is 0 Å². The monoisotopic (exact) mass is 240 g/mol. The van der Waals surface area contributed by atoms with Crippen LogP contribution in [0.3, 0.4) is 0 Å². The van der Waals surface area contributed by atoms with Gasteiger partial charge in [0.1, 0.15) is 12.0 Å². The van der Waals surface area contributed by atoms with E-state index in [0.717, 1.165) is 17.4 Å². The van der Waals surface area contributed by atoms with Crippen LogP contribution in [0, 0.1) is 0 Å². The Balaban J connectivity index is 2.53. The summed E-state index contributed by atoms with van der Waals surface area (Å²) >= 11 is 0. The largest absolute Gasteiger partial charge is 0.508 e. The van der Waals surface area contributed by atoms with Crippen LogP contribution >= 0.6 is 0 Å². The van der Waals surface area contributed by atoms with Crippen molar-refractivity contribution in [3.8, 4) is 5.75 Å². The Hall–Kier alpha value is -2.09. The number of phenols is 1. The van der Waals surface area contributed by atoms with Crippen LogP contribution in [0.1, 0.15) is 35.3 Å². The number of benzene rings is 2. The SMILES string of the molecule is CC(C)(c1ccc(O)cc1)c1ccccc1C=O. The molecule has 0 unspecified atom stereocenters. The van der Waals surface area contributed by atoms with Crippen LogP contribution in [-0.2, 0) is 5.41 Å². The maximum absolute atomic E-state index is 11.1. The van der Waals surface area contributed by atoms with E-state index >= 15 is 0 Å². The number of aldehydes is 1. The molecule has 0 aliphatic carbocycles. The summed E-state index contributed by atoms with van der Waals surface area (Å²) in [5.74, 6) is 0.248. The van der Waals surface area contributed by atoms with Crippen molar-refractivity contribution in [2.45, 2.75) is 19.3 Å². The van der Waals surface area contributed by atoms with E-state index < -0.39 is 0 Å². The van der Waals surface area contributed by atoms with E-state index in [0.29, 0.717) is 5.56 Å². The first-order valence-electron chi connectivity index (χ1n) is 5.90. The van der Waals surface area contributed by atoms with Crippen molar-refractivity contribution >= 4 is 6.29 Å². The average Bonchev–Trinajstić information content (AvgIpc) is 2.39. The number of carbonyl (C=O) groups is 1. The highest BCUT2D eigenvalue weighted by atomic mass is 16.3. The van der Waals surface area contributed by atoms with Crippen LogP contribution in [0.2, 0.25) is 0 Å². The third-order valence-electron chi connectivity index (χ3n) is 3.35. The van der Waals surface area contributed by atoms with Gasteiger partial charge in [-0.1, -0.05) is 50.2 Å². The van der Waals surface area contributed by atoms with Crippen LogP contribution in [0.15, 0.2) is 48.5 Å². The second-order valence-electron chi connectivity index (χ2n) is 4.88. The average molecular weight is 240 g/mol. The molecule has 0 aliphatic heterocycles. The van der Waals surface area contributed by atoms with Gasteiger partial charge in [-0.05, 0) is 23.3 Å². The van der Waals surface area contributed by atoms with E-state index in [4.69, 9.17) is 0 Å². The van der Waals surface area contributed by atoms with Crippen molar-refractivity contribution in [1.82, 2.24) is 0 Å². The topological polar surface area (TPSA) is 37.3 Å². The molecular formula is C16H16O2. The van der Waals surface area contributed by atoms with E-state index in [1.165, 1.54) is 0 Å². The minimum absolute atomic E-state index is 0.248. The molecule has 0 amide bonds. The number of hydrogen-bond donors (Lipinski definition) is 1. The van der Waals surface area contributed by atoms with E-state index in [2.05, 4.69) is 13.8 Å². The van der Waals surface area contributed by atoms with E-state index in [9.17, 15) is 9.90 Å². The number of carbonyl (C=O) groups excluding carboxylic acids is 1. The zero-order valence-corrected chi connectivity index (χ0v) is 10.6. The standard InChI is InChI=1S/C16H16O2/c1-16(2,13-7-9-14(18)10-8-13)15-6-4-3-5-12(15)11-17/h3-11,18H,1-2H3. The smallest absolute Gasteiger partial charge is 0.150 e. The first-order chi connectivity index (χ1) is 8.55. The third kappa shape index (κ3) is 2.14. The van der Waals surface area contributed by atoms with Gasteiger partial charge in [0, 0.05) is 11.0 Å². The molecule has 2 nitrogen and oxygen atoms in total. The molecule has 92 valence electrons. The van der Waals surface area contributed by atoms with Crippen LogP contribution in [0.4, 0.5) is 0 Å². The molecular weight excluding hydrogens is 224 g/mol. The Labute approximate surface area is 107 Å². The minimum atomic E-state index is -0.273. The van der Waals surface area contributed by atoms with Crippen molar-refractivity contribution in [2.75, 3.05) is 0 Å². The Bertz CT molecular complexity index is 554. The Morgan fingerprint density at radius 3 is 2.22 bits per heavy atom. The van der Waals surface area contributed by atoms with Gasteiger partial charge < -0.3 is 5.11 Å². The molecule has 0 aromatic heterocycles. The summed E-state index contributed by atoms with van der Waals surface area (Å²) in [6.07, 6.45) is 0.886. The maximum atomic E-state index is 11.1. The minimum Gasteiger partial charge on any atom is -0.508 e. The van der Waals surface area contributed by atoms with Crippen LogP contribution in [0.5, 0.6) is 5.75 Å². The van der Waals surface area contributed by atoms with Gasteiger partial charge in [-0.2, -0.15) is 0 Å². The predicted molar refractivity (Wildman–Crippen MR) is 72.1 cm³/mol. The summed E-state index contributed by atoms with van der Waals surface area (Å²) in [5, 5.41) is 9.34. The Morgan fingerprint density at radius 1 is 1.00 bits per heavy atom. The van der Waals surface area contributed by atoms with E-state index in [1.807, 2.05) is 36.4 Å². The van der Waals surface area contributed by atoms with Crippen LogP contribution in [-0.4, -0.2) is 11.4 Å². The molecule has 0 radical (unpaired) electrons. The molecule has 2 aromatic rings. The lowest BCUT2D eigenvalue weighted by Gasteiger charge is -2.27. The fourth-order valence-electron chi connectivity index (χ4n) is 2.20. The van der Waals surface area contributed by atoms with Gasteiger partial charge in [-0.25, -0.2) is 0 Å². The first kappa shape index (κ1) is 12.4. The molecule has 1 N–H and O–H groups in total. The normalized spacial score (nSPS) is 11.2. The number of hydrogen-bond acceptors (Lipinski definition) is 2. The number of aromatic hydroxyl groups is 1. The summed E-state index contributed by atoms with van der Waals surface area (Å²) < 4.78 is 0. The highest BCUT2D eigenvalue weighted by Crippen LogP contribution is 2.33. The molecule has 0 spiro atoms. The van der Waals surface area contributed by atoms with Crippen molar-refractivity contribution < 1.29 is 9.90 Å². The zero-order valence-electron chi connectivity index (χ0n) is 10.6. The molecule has 0 atom stereocenters. The molecule has 0 fully saturated rings. The van der Waals surface area contributed by atoms with Crippen LogP contribution in [0.25, 0.3) is 0 Å². The highest BCUT2D eigenvalue weighted by Gasteiger charge is 2.25. The van der Waals surface area contributed by atoms with Gasteiger partial charge in [0.2, 0.25) is 0 Å². The first-order valence-corrected chi connectivity index (χ1v) is 5.90. The molecule has 0 aliphatic rings. The highest BCUT2D eigenvalue weighted by molar-refractivity contribution is 5.78. The molecule has 0 saturated heterocycles.